The second-order valence-corrected chi connectivity index (χ2v) is 3.79. The van der Waals surface area contributed by atoms with E-state index in [1.54, 1.807) is 4.24 Å². The summed E-state index contributed by atoms with van der Waals surface area (Å²) < 4.78 is 22.6. The molecule has 0 saturated carbocycles. The molecule has 0 aromatic heterocycles. The summed E-state index contributed by atoms with van der Waals surface area (Å²) in [6, 6.07) is 0. The predicted molar refractivity (Wildman–Crippen MR) is 36.4 cm³/mol. The van der Waals surface area contributed by atoms with E-state index in [0.29, 0.717) is 13.0 Å². The first kappa shape index (κ1) is 9.16. The van der Waals surface area contributed by atoms with Crippen molar-refractivity contribution in [2.45, 2.75) is 6.42 Å². The molecule has 0 spiro atoms. The van der Waals surface area contributed by atoms with Crippen molar-refractivity contribution in [1.29, 1.82) is 0 Å². The van der Waals surface area contributed by atoms with Gasteiger partial charge in [-0.3, -0.25) is 0 Å². The van der Waals surface area contributed by atoms with Crippen molar-refractivity contribution in [2.24, 2.45) is 5.73 Å². The minimum Gasteiger partial charge on any atom is -0.330 e. The predicted octanol–water partition coefficient (Wildman–Crippen LogP) is -0.592. The van der Waals surface area contributed by atoms with Gasteiger partial charge in [-0.05, 0) is 24.7 Å². The fourth-order valence-electron chi connectivity index (χ4n) is 0.312. The van der Waals surface area contributed by atoms with Crippen LogP contribution in [0.4, 0.5) is 0 Å². The molecule has 0 aliphatic carbocycles. The molecule has 6 heteroatoms. The third-order valence-electron chi connectivity index (χ3n) is 0.735. The summed E-state index contributed by atoms with van der Waals surface area (Å²) in [5, 5.41) is 0. The van der Waals surface area contributed by atoms with E-state index in [9.17, 15) is 8.42 Å². The van der Waals surface area contributed by atoms with E-state index in [1.807, 2.05) is 0 Å². The number of halogens is 1. The Labute approximate surface area is 59.5 Å². The normalized spacial score (nSPS) is 11.8. The minimum absolute atomic E-state index is 0.00694. The van der Waals surface area contributed by atoms with Gasteiger partial charge in [0.2, 0.25) is 10.0 Å². The molecule has 0 aliphatic heterocycles. The average molecular weight is 173 g/mol. The van der Waals surface area contributed by atoms with Gasteiger partial charge in [0.1, 0.15) is 0 Å². The Morgan fingerprint density at radius 3 is 2.44 bits per heavy atom. The van der Waals surface area contributed by atoms with Crippen LogP contribution in [0.2, 0.25) is 0 Å². The van der Waals surface area contributed by atoms with Crippen LogP contribution in [0.25, 0.3) is 0 Å². The first-order valence-electron chi connectivity index (χ1n) is 2.42. The van der Waals surface area contributed by atoms with Crippen LogP contribution < -0.4 is 9.97 Å². The summed E-state index contributed by atoms with van der Waals surface area (Å²) in [5.74, 6) is -0.00694. The zero-order valence-electron chi connectivity index (χ0n) is 4.80. The van der Waals surface area contributed by atoms with Crippen LogP contribution in [-0.4, -0.2) is 20.7 Å². The summed E-state index contributed by atoms with van der Waals surface area (Å²) >= 11 is 4.85. The highest BCUT2D eigenvalue weighted by atomic mass is 35.5. The van der Waals surface area contributed by atoms with E-state index in [0.717, 1.165) is 0 Å². The van der Waals surface area contributed by atoms with Crippen molar-refractivity contribution in [3.05, 3.63) is 0 Å². The Bertz CT molecular complexity index is 155. The van der Waals surface area contributed by atoms with Crippen LogP contribution >= 0.6 is 11.8 Å². The SMILES string of the molecule is NCCCS(=O)(=O)NCl. The van der Waals surface area contributed by atoms with Crippen molar-refractivity contribution < 1.29 is 8.42 Å². The second kappa shape index (κ2) is 4.05. The first-order chi connectivity index (χ1) is 4.12. The fourth-order valence-corrected chi connectivity index (χ4v) is 1.17. The largest absolute Gasteiger partial charge is 0.330 e. The van der Waals surface area contributed by atoms with Crippen molar-refractivity contribution >= 4 is 21.8 Å². The molecule has 0 atom stereocenters. The van der Waals surface area contributed by atoms with Crippen LogP contribution in [0, 0.1) is 0 Å². The highest BCUT2D eigenvalue weighted by molar-refractivity contribution is 7.90. The van der Waals surface area contributed by atoms with E-state index >= 15 is 0 Å². The third-order valence-corrected chi connectivity index (χ3v) is 2.50. The summed E-state index contributed by atoms with van der Waals surface area (Å²) in [4.78, 5) is 0. The maximum absolute atomic E-state index is 10.5. The molecule has 0 unspecified atom stereocenters. The molecule has 0 aromatic carbocycles. The van der Waals surface area contributed by atoms with Gasteiger partial charge in [0, 0.05) is 0 Å². The minimum atomic E-state index is -3.25. The summed E-state index contributed by atoms with van der Waals surface area (Å²) in [7, 11) is -3.25. The lowest BCUT2D eigenvalue weighted by molar-refractivity contribution is 0.591. The Morgan fingerprint density at radius 2 is 2.11 bits per heavy atom. The molecule has 3 N–H and O–H groups in total. The number of hydrogen-bond acceptors (Lipinski definition) is 3. The lowest BCUT2D eigenvalue weighted by Crippen LogP contribution is -2.19. The molecule has 0 amide bonds. The zero-order chi connectivity index (χ0) is 7.33. The fraction of sp³-hybridized carbons (Fsp3) is 1.00. The van der Waals surface area contributed by atoms with Gasteiger partial charge in [0.05, 0.1) is 5.75 Å². The zero-order valence-corrected chi connectivity index (χ0v) is 6.37. The Kier molecular flexibility index (Phi) is 4.12. The lowest BCUT2D eigenvalue weighted by Gasteiger charge is -1.96. The highest BCUT2D eigenvalue weighted by Crippen LogP contribution is 1.87. The van der Waals surface area contributed by atoms with Crippen LogP contribution in [0.5, 0.6) is 0 Å². The van der Waals surface area contributed by atoms with Crippen LogP contribution in [0.3, 0.4) is 0 Å². The van der Waals surface area contributed by atoms with Crippen LogP contribution in [0.1, 0.15) is 6.42 Å². The van der Waals surface area contributed by atoms with Gasteiger partial charge >= 0.3 is 0 Å². The molecular weight excluding hydrogens is 164 g/mol. The van der Waals surface area contributed by atoms with Crippen molar-refractivity contribution in [1.82, 2.24) is 4.24 Å². The van der Waals surface area contributed by atoms with Gasteiger partial charge in [-0.25, -0.2) is 8.42 Å². The number of sulfonamides is 1. The topological polar surface area (TPSA) is 72.2 Å². The van der Waals surface area contributed by atoms with Crippen LogP contribution in [0.15, 0.2) is 0 Å². The van der Waals surface area contributed by atoms with E-state index in [1.165, 1.54) is 0 Å². The molecule has 0 fully saturated rings. The molecule has 0 rings (SSSR count). The lowest BCUT2D eigenvalue weighted by atomic mass is 10.5. The Morgan fingerprint density at radius 1 is 1.56 bits per heavy atom. The van der Waals surface area contributed by atoms with Gasteiger partial charge in [-0.2, -0.15) is 0 Å². The third kappa shape index (κ3) is 4.65. The van der Waals surface area contributed by atoms with Crippen molar-refractivity contribution in [2.75, 3.05) is 12.3 Å². The molecule has 0 bridgehead atoms. The monoisotopic (exact) mass is 172 g/mol. The number of rotatable bonds is 4. The molecule has 0 saturated heterocycles. The van der Waals surface area contributed by atoms with Gasteiger partial charge in [-0.15, -0.1) is 4.24 Å². The molecular formula is C3H9ClN2O2S. The summed E-state index contributed by atoms with van der Waals surface area (Å²) in [5.41, 5.74) is 5.06. The molecule has 56 valence electrons. The van der Waals surface area contributed by atoms with Crippen molar-refractivity contribution in [3.63, 3.8) is 0 Å². The number of nitrogens with two attached hydrogens (primary N) is 1. The molecule has 9 heavy (non-hydrogen) atoms. The van der Waals surface area contributed by atoms with E-state index in [4.69, 9.17) is 17.5 Å². The smallest absolute Gasteiger partial charge is 0.224 e. The molecule has 0 aromatic rings. The van der Waals surface area contributed by atoms with E-state index < -0.39 is 10.0 Å². The first-order valence-corrected chi connectivity index (χ1v) is 4.45. The molecule has 0 heterocycles. The Hall–Kier alpha value is 0.160. The van der Waals surface area contributed by atoms with E-state index in [2.05, 4.69) is 0 Å². The van der Waals surface area contributed by atoms with Crippen molar-refractivity contribution in [3.8, 4) is 0 Å². The van der Waals surface area contributed by atoms with Gasteiger partial charge in [0.25, 0.3) is 0 Å². The summed E-state index contributed by atoms with van der Waals surface area (Å²) in [6.07, 6.45) is 0.433. The Balaban J connectivity index is 3.61. The summed E-state index contributed by atoms with van der Waals surface area (Å²) in [6.45, 7) is 0.359. The number of hydrogen-bond donors (Lipinski definition) is 2. The molecule has 4 nitrogen and oxygen atoms in total. The standard InChI is InChI=1S/C3H9ClN2O2S/c4-6-9(7,8)3-1-2-5/h6H,1-3,5H2. The average Bonchev–Trinajstić information content (AvgIpc) is 1.84. The number of nitrogens with one attached hydrogen (secondary N) is 1. The van der Waals surface area contributed by atoms with Gasteiger partial charge in [0.15, 0.2) is 0 Å². The highest BCUT2D eigenvalue weighted by Gasteiger charge is 2.05. The second-order valence-electron chi connectivity index (χ2n) is 1.54. The van der Waals surface area contributed by atoms with Gasteiger partial charge < -0.3 is 5.73 Å². The molecule has 0 aliphatic rings. The maximum Gasteiger partial charge on any atom is 0.224 e. The van der Waals surface area contributed by atoms with Gasteiger partial charge in [-0.1, -0.05) is 0 Å². The van der Waals surface area contributed by atoms with E-state index in [-0.39, 0.29) is 5.75 Å². The molecule has 0 radical (unpaired) electrons. The van der Waals surface area contributed by atoms with Crippen LogP contribution in [-0.2, 0) is 10.0 Å². The maximum atomic E-state index is 10.5. The quantitative estimate of drug-likeness (QED) is 0.557.